The molecule has 5 nitrogen and oxygen atoms in total. The molecule has 22 heavy (non-hydrogen) atoms. The Labute approximate surface area is 133 Å². The molecule has 2 heterocycles. The summed E-state index contributed by atoms with van der Waals surface area (Å²) in [6, 6.07) is 5.32. The van der Waals surface area contributed by atoms with E-state index in [1.54, 1.807) is 18.2 Å². The second kappa shape index (κ2) is 6.16. The predicted molar refractivity (Wildman–Crippen MR) is 85.1 cm³/mol. The zero-order chi connectivity index (χ0) is 15.7. The van der Waals surface area contributed by atoms with E-state index in [2.05, 4.69) is 6.92 Å². The lowest BCUT2D eigenvalue weighted by molar-refractivity contribution is -0.134. The van der Waals surface area contributed by atoms with Crippen molar-refractivity contribution in [2.24, 2.45) is 0 Å². The molecule has 1 atom stereocenters. The van der Waals surface area contributed by atoms with Gasteiger partial charge in [-0.15, -0.1) is 0 Å². The fourth-order valence-corrected chi connectivity index (χ4v) is 3.23. The van der Waals surface area contributed by atoms with Crippen molar-refractivity contribution in [3.63, 3.8) is 0 Å². The summed E-state index contributed by atoms with van der Waals surface area (Å²) in [5.74, 6) is -0.354. The van der Waals surface area contributed by atoms with Crippen molar-refractivity contribution in [3.05, 3.63) is 33.8 Å². The number of oxazole rings is 1. The minimum Gasteiger partial charge on any atom is -0.408 e. The molecule has 3 rings (SSSR count). The van der Waals surface area contributed by atoms with E-state index < -0.39 is 5.76 Å². The lowest BCUT2D eigenvalue weighted by atomic mass is 10.0. The molecule has 2 aromatic rings. The van der Waals surface area contributed by atoms with Crippen molar-refractivity contribution in [2.45, 2.75) is 45.2 Å². The van der Waals surface area contributed by atoms with E-state index in [0.717, 1.165) is 19.4 Å². The van der Waals surface area contributed by atoms with E-state index >= 15 is 0 Å². The second-order valence-corrected chi connectivity index (χ2v) is 6.25. The summed E-state index contributed by atoms with van der Waals surface area (Å²) < 4.78 is 6.66. The molecule has 1 fully saturated rings. The zero-order valence-electron chi connectivity index (χ0n) is 12.5. The van der Waals surface area contributed by atoms with Crippen LogP contribution >= 0.6 is 11.6 Å². The number of rotatable bonds is 3. The summed E-state index contributed by atoms with van der Waals surface area (Å²) in [5, 5.41) is 0.540. The van der Waals surface area contributed by atoms with Crippen LogP contribution in [0.5, 0.6) is 0 Å². The number of amides is 1. The molecule has 0 bridgehead atoms. The molecule has 0 spiro atoms. The molecular formula is C16H19ClN2O3. The van der Waals surface area contributed by atoms with Crippen molar-refractivity contribution < 1.29 is 9.21 Å². The summed E-state index contributed by atoms with van der Waals surface area (Å²) in [5.41, 5.74) is 1.13. The number of hydrogen-bond donors (Lipinski definition) is 0. The van der Waals surface area contributed by atoms with E-state index in [9.17, 15) is 9.59 Å². The monoisotopic (exact) mass is 322 g/mol. The van der Waals surface area contributed by atoms with Crippen LogP contribution in [-0.4, -0.2) is 28.0 Å². The Hall–Kier alpha value is -1.75. The van der Waals surface area contributed by atoms with Crippen molar-refractivity contribution in [1.29, 1.82) is 0 Å². The Kier molecular flexibility index (Phi) is 4.25. The van der Waals surface area contributed by atoms with E-state index in [1.807, 2.05) is 4.90 Å². The smallest absolute Gasteiger partial charge is 0.408 e. The summed E-state index contributed by atoms with van der Waals surface area (Å²) in [6.45, 7) is 3.21. The number of carbonyl (C=O) groups is 1. The number of aryl methyl sites for hydroxylation is 1. The third-order valence-corrected chi connectivity index (χ3v) is 4.54. The minimum absolute atomic E-state index is 0.0930. The van der Waals surface area contributed by atoms with Gasteiger partial charge in [0.15, 0.2) is 5.58 Å². The average Bonchev–Trinajstić information content (AvgIpc) is 2.80. The quantitative estimate of drug-likeness (QED) is 0.872. The first kappa shape index (κ1) is 15.2. The molecule has 1 aromatic carbocycles. The Bertz CT molecular complexity index is 749. The topological polar surface area (TPSA) is 55.5 Å². The number of carbonyl (C=O) groups excluding carboxylic acids is 1. The molecule has 1 aliphatic rings. The summed E-state index contributed by atoms with van der Waals surface area (Å²) >= 11 is 5.97. The number of aromatic nitrogens is 1. The van der Waals surface area contributed by atoms with Gasteiger partial charge in [0.2, 0.25) is 5.91 Å². The van der Waals surface area contributed by atoms with Crippen LogP contribution in [0.3, 0.4) is 0 Å². The number of likely N-dealkylation sites (tertiary alicyclic amines) is 1. The molecule has 0 aliphatic carbocycles. The van der Waals surface area contributed by atoms with E-state index in [1.165, 1.54) is 11.0 Å². The Morgan fingerprint density at radius 3 is 3.00 bits per heavy atom. The fourth-order valence-electron chi connectivity index (χ4n) is 3.07. The third-order valence-electron chi connectivity index (χ3n) is 4.30. The molecule has 0 radical (unpaired) electrons. The van der Waals surface area contributed by atoms with Crippen LogP contribution < -0.4 is 5.76 Å². The molecule has 1 saturated heterocycles. The highest BCUT2D eigenvalue weighted by Gasteiger charge is 2.23. The van der Waals surface area contributed by atoms with Gasteiger partial charge in [0.25, 0.3) is 0 Å². The van der Waals surface area contributed by atoms with E-state index in [0.29, 0.717) is 29.1 Å². The molecule has 0 saturated carbocycles. The predicted octanol–water partition coefficient (Wildman–Crippen LogP) is 3.04. The van der Waals surface area contributed by atoms with Gasteiger partial charge in [0, 0.05) is 30.6 Å². The fraction of sp³-hybridized carbons (Fsp3) is 0.500. The van der Waals surface area contributed by atoms with Gasteiger partial charge in [-0.25, -0.2) is 4.79 Å². The highest BCUT2D eigenvalue weighted by Crippen LogP contribution is 2.20. The van der Waals surface area contributed by atoms with E-state index in [-0.39, 0.29) is 11.9 Å². The lowest BCUT2D eigenvalue weighted by Gasteiger charge is -2.33. The number of piperidine rings is 1. The number of halogens is 1. The number of hydrogen-bond acceptors (Lipinski definition) is 3. The van der Waals surface area contributed by atoms with Crippen LogP contribution in [0, 0.1) is 0 Å². The molecule has 1 aliphatic heterocycles. The van der Waals surface area contributed by atoms with Crippen LogP contribution in [0.2, 0.25) is 5.02 Å². The molecule has 118 valence electrons. The van der Waals surface area contributed by atoms with Gasteiger partial charge in [0.1, 0.15) is 0 Å². The van der Waals surface area contributed by atoms with Crippen LogP contribution in [0.4, 0.5) is 0 Å². The van der Waals surface area contributed by atoms with Crippen LogP contribution in [0.25, 0.3) is 11.1 Å². The van der Waals surface area contributed by atoms with Gasteiger partial charge >= 0.3 is 5.76 Å². The van der Waals surface area contributed by atoms with Crippen LogP contribution in [0.1, 0.15) is 32.6 Å². The first-order chi connectivity index (χ1) is 10.6. The van der Waals surface area contributed by atoms with Crippen molar-refractivity contribution in [2.75, 3.05) is 6.54 Å². The largest absolute Gasteiger partial charge is 0.419 e. The van der Waals surface area contributed by atoms with Crippen molar-refractivity contribution in [3.8, 4) is 0 Å². The lowest BCUT2D eigenvalue weighted by Crippen LogP contribution is -2.42. The van der Waals surface area contributed by atoms with Gasteiger partial charge < -0.3 is 9.32 Å². The Balaban J connectivity index is 1.76. The maximum absolute atomic E-state index is 12.4. The number of benzene rings is 1. The highest BCUT2D eigenvalue weighted by molar-refractivity contribution is 6.31. The zero-order valence-corrected chi connectivity index (χ0v) is 13.3. The maximum atomic E-state index is 12.4. The molecule has 6 heteroatoms. The van der Waals surface area contributed by atoms with Gasteiger partial charge in [-0.3, -0.25) is 9.36 Å². The Morgan fingerprint density at radius 1 is 1.41 bits per heavy atom. The normalized spacial score (nSPS) is 18.8. The average molecular weight is 323 g/mol. The minimum atomic E-state index is -0.447. The van der Waals surface area contributed by atoms with Gasteiger partial charge in [-0.05, 0) is 44.4 Å². The molecule has 0 unspecified atom stereocenters. The summed E-state index contributed by atoms with van der Waals surface area (Å²) in [7, 11) is 0. The number of fused-ring (bicyclic) bond motifs is 1. The Morgan fingerprint density at radius 2 is 2.23 bits per heavy atom. The van der Waals surface area contributed by atoms with Crippen LogP contribution in [0.15, 0.2) is 27.4 Å². The second-order valence-electron chi connectivity index (χ2n) is 5.81. The molecular weight excluding hydrogens is 304 g/mol. The van der Waals surface area contributed by atoms with Gasteiger partial charge in [-0.2, -0.15) is 0 Å². The van der Waals surface area contributed by atoms with Crippen LogP contribution in [-0.2, 0) is 11.3 Å². The number of nitrogens with zero attached hydrogens (tertiary/aromatic N) is 2. The molecule has 1 aromatic heterocycles. The van der Waals surface area contributed by atoms with Gasteiger partial charge in [0.05, 0.1) is 5.52 Å². The first-order valence-corrected chi connectivity index (χ1v) is 8.02. The summed E-state index contributed by atoms with van der Waals surface area (Å²) in [4.78, 5) is 26.2. The van der Waals surface area contributed by atoms with Crippen molar-refractivity contribution in [1.82, 2.24) is 9.47 Å². The summed E-state index contributed by atoms with van der Waals surface area (Å²) in [6.07, 6.45) is 3.58. The standard InChI is InChI=1S/C16H19ClN2O3/c1-11-4-2-3-8-18(11)15(20)7-9-19-13-10-12(17)5-6-14(13)22-16(19)21/h5-6,10-11H,2-4,7-9H2,1H3/t11-/m1/s1. The van der Waals surface area contributed by atoms with E-state index in [4.69, 9.17) is 16.0 Å². The molecule has 0 N–H and O–H groups in total. The third kappa shape index (κ3) is 2.90. The maximum Gasteiger partial charge on any atom is 0.419 e. The van der Waals surface area contributed by atoms with Gasteiger partial charge in [-0.1, -0.05) is 11.6 Å². The molecule has 1 amide bonds. The SMILES string of the molecule is C[C@@H]1CCCCN1C(=O)CCn1c(=O)oc2ccc(Cl)cc21. The highest BCUT2D eigenvalue weighted by atomic mass is 35.5. The first-order valence-electron chi connectivity index (χ1n) is 7.64. The van der Waals surface area contributed by atoms with Crippen molar-refractivity contribution >= 4 is 28.6 Å².